The second-order valence-corrected chi connectivity index (χ2v) is 4.75. The average Bonchev–Trinajstić information content (AvgIpc) is 2.09. The van der Waals surface area contributed by atoms with Gasteiger partial charge in [-0.15, -0.1) is 0 Å². The van der Waals surface area contributed by atoms with E-state index in [2.05, 4.69) is 0 Å². The van der Waals surface area contributed by atoms with Crippen molar-refractivity contribution in [2.24, 2.45) is 0 Å². The summed E-state index contributed by atoms with van der Waals surface area (Å²) in [6.07, 6.45) is -0.644. The number of hydrogen-bond donors (Lipinski definition) is 0. The van der Waals surface area contributed by atoms with E-state index in [1.54, 1.807) is 0 Å². The maximum absolute atomic E-state index is 13.0. The van der Waals surface area contributed by atoms with Crippen LogP contribution < -0.4 is 3.51 Å². The molecule has 0 nitrogen and oxygen atoms in total. The Morgan fingerprint density at radius 2 is 2.00 bits per heavy atom. The Morgan fingerprint density at radius 3 is 2.62 bits per heavy atom. The molecule has 0 aliphatic carbocycles. The van der Waals surface area contributed by atoms with Crippen molar-refractivity contribution in [3.63, 3.8) is 0 Å². The third kappa shape index (κ3) is 3.64. The van der Waals surface area contributed by atoms with Gasteiger partial charge in [0.05, 0.1) is 0 Å². The third-order valence-electron chi connectivity index (χ3n) is 1.92. The molecule has 1 aromatic carbocycles. The predicted octanol–water partition coefficient (Wildman–Crippen LogP) is 1.19. The normalized spacial score (nSPS) is 12.8. The molecule has 0 spiro atoms. The molecule has 13 heavy (non-hydrogen) atoms. The fourth-order valence-electron chi connectivity index (χ4n) is 1.18. The zero-order valence-electron chi connectivity index (χ0n) is 7.34. The zero-order chi connectivity index (χ0) is 9.68. The molecule has 0 N–H and O–H groups in total. The Balaban J connectivity index is 2.58. The molecule has 1 atom stereocenters. The zero-order valence-corrected chi connectivity index (χ0v) is 10.6. The van der Waals surface area contributed by atoms with Gasteiger partial charge < -0.3 is 0 Å². The monoisotopic (exact) mass is 292 g/mol. The van der Waals surface area contributed by atoms with Gasteiger partial charge in [0.1, 0.15) is 0 Å². The molecule has 0 heterocycles. The molecule has 0 aromatic heterocycles. The van der Waals surface area contributed by atoms with E-state index in [0.717, 1.165) is 28.6 Å². The molecule has 0 bridgehead atoms. The molecule has 1 rings (SSSR count). The van der Waals surface area contributed by atoms with E-state index in [1.807, 2.05) is 24.3 Å². The minimum atomic E-state index is -1.03. The predicted molar refractivity (Wildman–Crippen MR) is 53.8 cm³/mol. The number of hydrogen-bond acceptors (Lipinski definition) is 0. The number of halogens is 2. The van der Waals surface area contributed by atoms with Crippen LogP contribution in [0.15, 0.2) is 24.3 Å². The first-order chi connectivity index (χ1) is 6.24. The standard InChI is InChI=1S/C10H11F2.Sb.2H/c11-7-6-10(12)8-9-4-2-1-3-5-9;;;/h1-4,10H,6-8H2;;;. The third-order valence-corrected chi connectivity index (χ3v) is 3.53. The number of benzene rings is 1. The van der Waals surface area contributed by atoms with E-state index in [-0.39, 0.29) is 6.42 Å². The summed E-state index contributed by atoms with van der Waals surface area (Å²) in [5.74, 6) is 0. The van der Waals surface area contributed by atoms with Gasteiger partial charge in [-0.25, -0.2) is 0 Å². The van der Waals surface area contributed by atoms with Crippen molar-refractivity contribution >= 4 is 26.5 Å². The molecule has 0 fully saturated rings. The number of alkyl halides is 2. The second-order valence-electron chi connectivity index (χ2n) is 2.98. The maximum atomic E-state index is 13.0. The van der Waals surface area contributed by atoms with Crippen LogP contribution in [0.4, 0.5) is 8.78 Å². The summed E-state index contributed by atoms with van der Waals surface area (Å²) in [7, 11) is 0. The van der Waals surface area contributed by atoms with Crippen molar-refractivity contribution in [3.05, 3.63) is 29.8 Å². The summed E-state index contributed by atoms with van der Waals surface area (Å²) in [6, 6.07) is 7.77. The quantitative estimate of drug-likeness (QED) is 0.732. The molecular weight excluding hydrogens is 280 g/mol. The number of rotatable bonds is 4. The van der Waals surface area contributed by atoms with Crippen LogP contribution >= 0.6 is 0 Å². The van der Waals surface area contributed by atoms with Gasteiger partial charge in [0.15, 0.2) is 0 Å². The van der Waals surface area contributed by atoms with Crippen LogP contribution in [0.3, 0.4) is 0 Å². The molecule has 1 aromatic rings. The fourth-order valence-corrected chi connectivity index (χ4v) is 2.11. The molecule has 0 radical (unpaired) electrons. The van der Waals surface area contributed by atoms with Crippen molar-refractivity contribution in [2.75, 3.05) is 6.67 Å². The van der Waals surface area contributed by atoms with Crippen LogP contribution in [0.25, 0.3) is 0 Å². The Morgan fingerprint density at radius 1 is 1.31 bits per heavy atom. The molecular formula is C10H13F2Sb. The Kier molecular flexibility index (Phi) is 4.72. The van der Waals surface area contributed by atoms with Gasteiger partial charge in [-0.05, 0) is 0 Å². The van der Waals surface area contributed by atoms with Crippen molar-refractivity contribution < 1.29 is 8.78 Å². The van der Waals surface area contributed by atoms with Gasteiger partial charge in [0, 0.05) is 0 Å². The van der Waals surface area contributed by atoms with Gasteiger partial charge in [-0.3, -0.25) is 0 Å². The first-order valence-electron chi connectivity index (χ1n) is 4.27. The van der Waals surface area contributed by atoms with Crippen LogP contribution in [0.2, 0.25) is 0 Å². The molecule has 0 saturated carbocycles. The van der Waals surface area contributed by atoms with Crippen LogP contribution in [0, 0.1) is 0 Å². The van der Waals surface area contributed by atoms with Gasteiger partial charge in [0.2, 0.25) is 0 Å². The van der Waals surface area contributed by atoms with E-state index in [4.69, 9.17) is 0 Å². The molecule has 72 valence electrons. The van der Waals surface area contributed by atoms with Crippen LogP contribution in [-0.4, -0.2) is 35.9 Å². The van der Waals surface area contributed by atoms with Crippen LogP contribution in [-0.2, 0) is 6.42 Å². The second kappa shape index (κ2) is 5.59. The van der Waals surface area contributed by atoms with Gasteiger partial charge in [0.25, 0.3) is 0 Å². The molecule has 0 aliphatic rings. The summed E-state index contributed by atoms with van der Waals surface area (Å²) >= 11 is 0.990. The van der Waals surface area contributed by atoms with Gasteiger partial charge >= 0.3 is 90.8 Å². The first-order valence-corrected chi connectivity index (χ1v) is 5.92. The van der Waals surface area contributed by atoms with Crippen molar-refractivity contribution in [1.29, 1.82) is 0 Å². The first kappa shape index (κ1) is 11.0. The SMILES string of the molecule is FCCC(F)Cc1cccc[c]1[SbH2]. The Labute approximate surface area is 90.8 Å². The van der Waals surface area contributed by atoms with Crippen LogP contribution in [0.1, 0.15) is 12.0 Å². The molecule has 3 heteroatoms. The minimum absolute atomic E-state index is 0.0227. The van der Waals surface area contributed by atoms with E-state index >= 15 is 0 Å². The summed E-state index contributed by atoms with van der Waals surface area (Å²) < 4.78 is 26.1. The van der Waals surface area contributed by atoms with Crippen molar-refractivity contribution in [1.82, 2.24) is 0 Å². The topological polar surface area (TPSA) is 0 Å². The van der Waals surface area contributed by atoms with Gasteiger partial charge in [-0.1, -0.05) is 0 Å². The summed E-state index contributed by atoms with van der Waals surface area (Å²) in [6.45, 7) is -0.566. The molecule has 0 amide bonds. The van der Waals surface area contributed by atoms with E-state index < -0.39 is 12.8 Å². The average molecular weight is 293 g/mol. The van der Waals surface area contributed by atoms with Gasteiger partial charge in [-0.2, -0.15) is 0 Å². The molecule has 0 saturated heterocycles. The van der Waals surface area contributed by atoms with E-state index in [1.165, 1.54) is 3.51 Å². The van der Waals surface area contributed by atoms with E-state index in [0.29, 0.717) is 6.42 Å². The van der Waals surface area contributed by atoms with Crippen LogP contribution in [0.5, 0.6) is 0 Å². The Bertz CT molecular complexity index is 263. The van der Waals surface area contributed by atoms with E-state index in [9.17, 15) is 8.78 Å². The fraction of sp³-hybridized carbons (Fsp3) is 0.400. The summed E-state index contributed by atoms with van der Waals surface area (Å²) in [5, 5.41) is 0. The molecule has 0 aliphatic heterocycles. The Hall–Kier alpha value is -0.102. The van der Waals surface area contributed by atoms with Crippen molar-refractivity contribution in [3.8, 4) is 0 Å². The molecule has 1 unspecified atom stereocenters. The summed E-state index contributed by atoms with van der Waals surface area (Å²) in [4.78, 5) is 0. The summed E-state index contributed by atoms with van der Waals surface area (Å²) in [5.41, 5.74) is 1.03. The van der Waals surface area contributed by atoms with Crippen molar-refractivity contribution in [2.45, 2.75) is 19.0 Å².